The lowest BCUT2D eigenvalue weighted by Crippen LogP contribution is -2.36. The van der Waals surface area contributed by atoms with Gasteiger partial charge in [-0.1, -0.05) is 0 Å². The summed E-state index contributed by atoms with van der Waals surface area (Å²) < 4.78 is 6.64. The molecule has 2 rings (SSSR count). The highest BCUT2D eigenvalue weighted by molar-refractivity contribution is 5.99. The van der Waals surface area contributed by atoms with E-state index >= 15 is 0 Å². The van der Waals surface area contributed by atoms with Crippen LogP contribution in [0.3, 0.4) is 0 Å². The minimum atomic E-state index is -0.275. The maximum Gasteiger partial charge on any atom is 0.312 e. The third kappa shape index (κ3) is 2.92. The first kappa shape index (κ1) is 14.4. The summed E-state index contributed by atoms with van der Waals surface area (Å²) in [5, 5.41) is 10.1. The van der Waals surface area contributed by atoms with Gasteiger partial charge in [0.15, 0.2) is 0 Å². The Bertz CT molecular complexity index is 510. The molecule has 0 saturated heterocycles. The number of carbonyl (C=O) groups is 2. The van der Waals surface area contributed by atoms with Crippen LogP contribution in [0.1, 0.15) is 31.1 Å². The third-order valence-electron chi connectivity index (χ3n) is 3.03. The van der Waals surface area contributed by atoms with E-state index < -0.39 is 0 Å². The highest BCUT2D eigenvalue weighted by atomic mass is 16.5. The molecule has 2 heterocycles. The van der Waals surface area contributed by atoms with Crippen LogP contribution in [0.5, 0.6) is 0 Å². The van der Waals surface area contributed by atoms with Crippen molar-refractivity contribution in [2.75, 3.05) is 18.5 Å². The van der Waals surface area contributed by atoms with Crippen molar-refractivity contribution in [2.24, 2.45) is 5.92 Å². The van der Waals surface area contributed by atoms with Crippen LogP contribution in [0, 0.1) is 5.92 Å². The number of nitrogens with zero attached hydrogens (tertiary/aromatic N) is 2. The molecule has 7 nitrogen and oxygen atoms in total. The molecule has 1 aliphatic heterocycles. The lowest BCUT2D eigenvalue weighted by molar-refractivity contribution is -0.148. The number of hydrogen-bond donors (Lipinski definition) is 2. The molecule has 2 N–H and O–H groups in total. The fourth-order valence-corrected chi connectivity index (χ4v) is 2.13. The highest BCUT2D eigenvalue weighted by Gasteiger charge is 2.29. The zero-order valence-electron chi connectivity index (χ0n) is 12.0. The van der Waals surface area contributed by atoms with E-state index in [0.717, 1.165) is 0 Å². The van der Waals surface area contributed by atoms with Crippen LogP contribution in [0.2, 0.25) is 0 Å². The maximum absolute atomic E-state index is 12.0. The molecular formula is C13H20N4O3. The molecule has 1 unspecified atom stereocenters. The minimum absolute atomic E-state index is 0.0638. The Morgan fingerprint density at radius 1 is 1.60 bits per heavy atom. The summed E-state index contributed by atoms with van der Waals surface area (Å²) >= 11 is 0. The van der Waals surface area contributed by atoms with Gasteiger partial charge in [-0.05, 0) is 20.8 Å². The Morgan fingerprint density at radius 2 is 2.35 bits per heavy atom. The summed E-state index contributed by atoms with van der Waals surface area (Å²) in [6.45, 7) is 6.82. The Kier molecular flexibility index (Phi) is 4.26. The van der Waals surface area contributed by atoms with Gasteiger partial charge in [0, 0.05) is 12.6 Å². The van der Waals surface area contributed by atoms with Crippen LogP contribution in [-0.4, -0.2) is 40.9 Å². The quantitative estimate of drug-likeness (QED) is 0.790. The van der Waals surface area contributed by atoms with Gasteiger partial charge in [0.05, 0.1) is 25.3 Å². The van der Waals surface area contributed by atoms with Gasteiger partial charge in [-0.3, -0.25) is 9.59 Å². The molecule has 7 heteroatoms. The van der Waals surface area contributed by atoms with Crippen LogP contribution in [-0.2, 0) is 16.1 Å². The van der Waals surface area contributed by atoms with Crippen LogP contribution >= 0.6 is 0 Å². The molecule has 0 fully saturated rings. The largest absolute Gasteiger partial charge is 0.466 e. The van der Waals surface area contributed by atoms with E-state index in [1.54, 1.807) is 11.6 Å². The summed E-state index contributed by atoms with van der Waals surface area (Å²) in [4.78, 5) is 23.7. The molecule has 1 aromatic rings. The molecule has 1 atom stereocenters. The van der Waals surface area contributed by atoms with Crippen molar-refractivity contribution in [3.63, 3.8) is 0 Å². The number of nitrogens with one attached hydrogen (secondary N) is 2. The van der Waals surface area contributed by atoms with E-state index in [0.29, 0.717) is 31.1 Å². The molecule has 0 spiro atoms. The summed E-state index contributed by atoms with van der Waals surface area (Å²) in [6, 6.07) is 0.0638. The smallest absolute Gasteiger partial charge is 0.312 e. The second-order valence-corrected chi connectivity index (χ2v) is 5.05. The van der Waals surface area contributed by atoms with Crippen molar-refractivity contribution in [3.8, 4) is 0 Å². The summed E-state index contributed by atoms with van der Waals surface area (Å²) in [5.74, 6) is -0.0234. The van der Waals surface area contributed by atoms with E-state index in [9.17, 15) is 9.59 Å². The van der Waals surface area contributed by atoms with Gasteiger partial charge in [0.2, 0.25) is 0 Å². The first-order chi connectivity index (χ1) is 9.52. The Morgan fingerprint density at radius 3 is 3.00 bits per heavy atom. The van der Waals surface area contributed by atoms with E-state index in [-0.39, 0.29) is 23.8 Å². The standard InChI is InChI=1S/C13H20N4O3/c1-4-20-13(19)9-5-14-11-10(6-15-17(11)7-9)12(18)16-8(2)3/h6,8-9,14H,4-5,7H2,1-3H3,(H,16,18). The lowest BCUT2D eigenvalue weighted by Gasteiger charge is -2.24. The SMILES string of the molecule is CCOC(=O)C1CNc2c(C(=O)NC(C)C)cnn2C1. The second-order valence-electron chi connectivity index (χ2n) is 5.05. The summed E-state index contributed by atoms with van der Waals surface area (Å²) in [7, 11) is 0. The Balaban J connectivity index is 2.10. The molecule has 0 aromatic carbocycles. The topological polar surface area (TPSA) is 85.2 Å². The fourth-order valence-electron chi connectivity index (χ4n) is 2.13. The molecule has 1 amide bonds. The number of hydrogen-bond acceptors (Lipinski definition) is 5. The average Bonchev–Trinajstić information content (AvgIpc) is 2.81. The van der Waals surface area contributed by atoms with Gasteiger partial charge < -0.3 is 15.4 Å². The van der Waals surface area contributed by atoms with E-state index in [4.69, 9.17) is 4.74 Å². The molecule has 0 saturated carbocycles. The van der Waals surface area contributed by atoms with Crippen molar-refractivity contribution >= 4 is 17.7 Å². The number of rotatable bonds is 4. The van der Waals surface area contributed by atoms with E-state index in [2.05, 4.69) is 15.7 Å². The van der Waals surface area contributed by atoms with Crippen LogP contribution in [0.4, 0.5) is 5.82 Å². The highest BCUT2D eigenvalue weighted by Crippen LogP contribution is 2.22. The number of carbonyl (C=O) groups excluding carboxylic acids is 2. The van der Waals surface area contributed by atoms with Gasteiger partial charge in [0.1, 0.15) is 11.4 Å². The van der Waals surface area contributed by atoms with E-state index in [1.807, 2.05) is 13.8 Å². The van der Waals surface area contributed by atoms with Crippen molar-refractivity contribution < 1.29 is 14.3 Å². The second kappa shape index (κ2) is 5.94. The molecule has 0 bridgehead atoms. The zero-order chi connectivity index (χ0) is 14.7. The molecule has 1 aliphatic rings. The Labute approximate surface area is 117 Å². The predicted octanol–water partition coefficient (Wildman–Crippen LogP) is 0.626. The van der Waals surface area contributed by atoms with Gasteiger partial charge in [-0.2, -0.15) is 5.10 Å². The van der Waals surface area contributed by atoms with Crippen LogP contribution in [0.25, 0.3) is 0 Å². The number of ether oxygens (including phenoxy) is 1. The lowest BCUT2D eigenvalue weighted by atomic mass is 10.1. The average molecular weight is 280 g/mol. The van der Waals surface area contributed by atoms with Gasteiger partial charge in [-0.15, -0.1) is 0 Å². The normalized spacial score (nSPS) is 17.3. The number of fused-ring (bicyclic) bond motifs is 1. The maximum atomic E-state index is 12.0. The summed E-state index contributed by atoms with van der Waals surface area (Å²) in [6.07, 6.45) is 1.52. The van der Waals surface area contributed by atoms with Crippen molar-refractivity contribution in [3.05, 3.63) is 11.8 Å². The third-order valence-corrected chi connectivity index (χ3v) is 3.03. The number of aromatic nitrogens is 2. The molecule has 0 aliphatic carbocycles. The monoisotopic (exact) mass is 280 g/mol. The summed E-state index contributed by atoms with van der Waals surface area (Å²) in [5.41, 5.74) is 0.501. The molecular weight excluding hydrogens is 260 g/mol. The molecule has 20 heavy (non-hydrogen) atoms. The molecule has 1 aromatic heterocycles. The van der Waals surface area contributed by atoms with E-state index in [1.165, 1.54) is 6.20 Å². The van der Waals surface area contributed by atoms with Gasteiger partial charge in [0.25, 0.3) is 5.91 Å². The van der Waals surface area contributed by atoms with Crippen LogP contribution < -0.4 is 10.6 Å². The Hall–Kier alpha value is -2.05. The first-order valence-corrected chi connectivity index (χ1v) is 6.80. The molecule has 110 valence electrons. The van der Waals surface area contributed by atoms with Crippen molar-refractivity contribution in [1.82, 2.24) is 15.1 Å². The van der Waals surface area contributed by atoms with Crippen molar-refractivity contribution in [1.29, 1.82) is 0 Å². The predicted molar refractivity (Wildman–Crippen MR) is 73.4 cm³/mol. The zero-order valence-corrected chi connectivity index (χ0v) is 12.0. The number of esters is 1. The number of amides is 1. The van der Waals surface area contributed by atoms with Gasteiger partial charge >= 0.3 is 5.97 Å². The van der Waals surface area contributed by atoms with Crippen molar-refractivity contribution in [2.45, 2.75) is 33.4 Å². The van der Waals surface area contributed by atoms with Gasteiger partial charge in [-0.25, -0.2) is 4.68 Å². The van der Waals surface area contributed by atoms with Crippen LogP contribution in [0.15, 0.2) is 6.20 Å². The molecule has 0 radical (unpaired) electrons. The fraction of sp³-hybridized carbons (Fsp3) is 0.615. The minimum Gasteiger partial charge on any atom is -0.466 e. The number of anilines is 1. The first-order valence-electron chi connectivity index (χ1n) is 6.80.